The van der Waals surface area contributed by atoms with Gasteiger partial charge in [0.05, 0.1) is 0 Å². The molecule has 0 unspecified atom stereocenters. The highest BCUT2D eigenvalue weighted by Gasteiger charge is 2.44. The van der Waals surface area contributed by atoms with E-state index in [1.165, 1.54) is 45.7 Å². The highest BCUT2D eigenvalue weighted by molar-refractivity contribution is 5.86. The molecule has 2 aliphatic rings. The van der Waals surface area contributed by atoms with Gasteiger partial charge in [-0.25, -0.2) is 0 Å². The van der Waals surface area contributed by atoms with Gasteiger partial charge in [0, 0.05) is 25.4 Å². The standard InChI is InChI=1S/C16H29N3O2/c1-3-6-14(18-13(2)20)15(21)17-11-16(7-8-16)12-19-9-4-5-10-19/h14H,3-12H2,1-2H3,(H,17,21)(H,18,20)/t14-/m0/s1. The normalized spacial score (nSPS) is 21.8. The van der Waals surface area contributed by atoms with E-state index in [1.54, 1.807) is 0 Å². The minimum Gasteiger partial charge on any atom is -0.354 e. The Bertz CT molecular complexity index is 374. The number of carbonyl (C=O) groups is 2. The molecule has 0 spiro atoms. The molecule has 2 fully saturated rings. The summed E-state index contributed by atoms with van der Waals surface area (Å²) in [7, 11) is 0. The Morgan fingerprint density at radius 3 is 2.43 bits per heavy atom. The lowest BCUT2D eigenvalue weighted by molar-refractivity contribution is -0.128. The number of likely N-dealkylation sites (tertiary alicyclic amines) is 1. The molecule has 2 amide bonds. The maximum Gasteiger partial charge on any atom is 0.242 e. The van der Waals surface area contributed by atoms with Gasteiger partial charge >= 0.3 is 0 Å². The number of carbonyl (C=O) groups excluding carboxylic acids is 2. The fourth-order valence-corrected chi connectivity index (χ4v) is 3.18. The Kier molecular flexibility index (Phi) is 5.62. The van der Waals surface area contributed by atoms with Crippen LogP contribution in [0.4, 0.5) is 0 Å². The molecule has 2 rings (SSSR count). The van der Waals surface area contributed by atoms with Gasteiger partial charge in [0.15, 0.2) is 0 Å². The van der Waals surface area contributed by atoms with Crippen molar-refractivity contribution in [1.29, 1.82) is 0 Å². The quantitative estimate of drug-likeness (QED) is 0.709. The first-order valence-electron chi connectivity index (χ1n) is 8.32. The summed E-state index contributed by atoms with van der Waals surface area (Å²) >= 11 is 0. The van der Waals surface area contributed by atoms with E-state index in [0.29, 0.717) is 11.8 Å². The molecule has 5 heteroatoms. The fraction of sp³-hybridized carbons (Fsp3) is 0.875. The van der Waals surface area contributed by atoms with E-state index in [4.69, 9.17) is 0 Å². The lowest BCUT2D eigenvalue weighted by atomic mass is 10.1. The van der Waals surface area contributed by atoms with Crippen LogP contribution in [0.15, 0.2) is 0 Å². The van der Waals surface area contributed by atoms with Crippen molar-refractivity contribution in [2.24, 2.45) is 5.41 Å². The maximum absolute atomic E-state index is 12.2. The number of hydrogen-bond donors (Lipinski definition) is 2. The number of rotatable bonds is 8. The molecular weight excluding hydrogens is 266 g/mol. The van der Waals surface area contributed by atoms with E-state index in [0.717, 1.165) is 19.5 Å². The van der Waals surface area contributed by atoms with Crippen LogP contribution in [-0.2, 0) is 9.59 Å². The second kappa shape index (κ2) is 7.25. The average Bonchev–Trinajstić information content (AvgIpc) is 3.00. The summed E-state index contributed by atoms with van der Waals surface area (Å²) in [6, 6.07) is -0.380. The van der Waals surface area contributed by atoms with Crippen LogP contribution in [0.2, 0.25) is 0 Å². The van der Waals surface area contributed by atoms with Gasteiger partial charge in [-0.15, -0.1) is 0 Å². The first kappa shape index (κ1) is 16.3. The molecule has 1 atom stereocenters. The maximum atomic E-state index is 12.2. The third kappa shape index (κ3) is 4.99. The van der Waals surface area contributed by atoms with Crippen molar-refractivity contribution in [3.8, 4) is 0 Å². The van der Waals surface area contributed by atoms with Gasteiger partial charge in [-0.2, -0.15) is 0 Å². The number of nitrogens with one attached hydrogen (secondary N) is 2. The minimum absolute atomic E-state index is 0.0280. The lowest BCUT2D eigenvalue weighted by Gasteiger charge is -2.24. The monoisotopic (exact) mass is 295 g/mol. The van der Waals surface area contributed by atoms with Crippen LogP contribution >= 0.6 is 0 Å². The fourth-order valence-electron chi connectivity index (χ4n) is 3.18. The zero-order valence-corrected chi connectivity index (χ0v) is 13.4. The predicted molar refractivity (Wildman–Crippen MR) is 82.9 cm³/mol. The van der Waals surface area contributed by atoms with Gasteiger partial charge in [-0.05, 0) is 45.2 Å². The average molecular weight is 295 g/mol. The molecule has 5 nitrogen and oxygen atoms in total. The molecule has 120 valence electrons. The summed E-state index contributed by atoms with van der Waals surface area (Å²) in [5.74, 6) is -0.165. The van der Waals surface area contributed by atoms with E-state index in [-0.39, 0.29) is 17.9 Å². The van der Waals surface area contributed by atoms with Crippen molar-refractivity contribution < 1.29 is 9.59 Å². The molecule has 2 N–H and O–H groups in total. The minimum atomic E-state index is -0.380. The molecule has 0 bridgehead atoms. The molecule has 0 aromatic rings. The summed E-state index contributed by atoms with van der Waals surface area (Å²) in [6.45, 7) is 7.78. The highest BCUT2D eigenvalue weighted by atomic mass is 16.2. The van der Waals surface area contributed by atoms with E-state index in [9.17, 15) is 9.59 Å². The van der Waals surface area contributed by atoms with Gasteiger partial charge in [-0.1, -0.05) is 13.3 Å². The summed E-state index contributed by atoms with van der Waals surface area (Å²) in [5, 5.41) is 5.82. The van der Waals surface area contributed by atoms with Gasteiger partial charge in [0.2, 0.25) is 11.8 Å². The SMILES string of the molecule is CCC[C@H](NC(C)=O)C(=O)NCC1(CN2CCCC2)CC1. The zero-order valence-electron chi connectivity index (χ0n) is 13.4. The van der Waals surface area contributed by atoms with Crippen molar-refractivity contribution in [2.75, 3.05) is 26.2 Å². The number of hydrogen-bond acceptors (Lipinski definition) is 3. The van der Waals surface area contributed by atoms with Gasteiger partial charge in [0.1, 0.15) is 6.04 Å². The van der Waals surface area contributed by atoms with Gasteiger partial charge < -0.3 is 15.5 Å². The van der Waals surface area contributed by atoms with E-state index in [2.05, 4.69) is 15.5 Å². The Morgan fingerprint density at radius 2 is 1.90 bits per heavy atom. The second-order valence-electron chi connectivity index (χ2n) is 6.74. The Hall–Kier alpha value is -1.10. The van der Waals surface area contributed by atoms with Crippen molar-refractivity contribution in [2.45, 2.75) is 58.4 Å². The zero-order chi connectivity index (χ0) is 15.3. The van der Waals surface area contributed by atoms with Crippen LogP contribution in [0.3, 0.4) is 0 Å². The van der Waals surface area contributed by atoms with Crippen LogP contribution in [-0.4, -0.2) is 48.9 Å². The smallest absolute Gasteiger partial charge is 0.242 e. The first-order chi connectivity index (χ1) is 10.0. The predicted octanol–water partition coefficient (Wildman–Crippen LogP) is 1.28. The molecule has 1 aliphatic heterocycles. The summed E-state index contributed by atoms with van der Waals surface area (Å²) < 4.78 is 0. The lowest BCUT2D eigenvalue weighted by Crippen LogP contribution is -2.48. The third-order valence-electron chi connectivity index (χ3n) is 4.62. The summed E-state index contributed by atoms with van der Waals surface area (Å²) in [5.41, 5.74) is 0.299. The molecule has 1 heterocycles. The Balaban J connectivity index is 1.77. The molecule has 0 radical (unpaired) electrons. The van der Waals surface area contributed by atoms with Gasteiger partial charge in [-0.3, -0.25) is 9.59 Å². The Labute approximate surface area is 127 Å². The molecule has 1 saturated heterocycles. The van der Waals surface area contributed by atoms with Crippen molar-refractivity contribution in [3.63, 3.8) is 0 Å². The van der Waals surface area contributed by atoms with E-state index < -0.39 is 0 Å². The van der Waals surface area contributed by atoms with Crippen molar-refractivity contribution in [1.82, 2.24) is 15.5 Å². The second-order valence-corrected chi connectivity index (χ2v) is 6.74. The summed E-state index contributed by atoms with van der Waals surface area (Å²) in [4.78, 5) is 25.9. The summed E-state index contributed by atoms with van der Waals surface area (Å²) in [6.07, 6.45) is 6.62. The highest BCUT2D eigenvalue weighted by Crippen LogP contribution is 2.46. The largest absolute Gasteiger partial charge is 0.354 e. The van der Waals surface area contributed by atoms with Crippen molar-refractivity contribution >= 4 is 11.8 Å². The van der Waals surface area contributed by atoms with Crippen LogP contribution in [0.25, 0.3) is 0 Å². The number of amides is 2. The molecule has 1 saturated carbocycles. The molecule has 1 aliphatic carbocycles. The molecule has 0 aromatic heterocycles. The van der Waals surface area contributed by atoms with Crippen molar-refractivity contribution in [3.05, 3.63) is 0 Å². The van der Waals surface area contributed by atoms with Crippen LogP contribution in [0.5, 0.6) is 0 Å². The van der Waals surface area contributed by atoms with E-state index >= 15 is 0 Å². The van der Waals surface area contributed by atoms with E-state index in [1.807, 2.05) is 6.92 Å². The topological polar surface area (TPSA) is 61.4 Å². The molecular formula is C16H29N3O2. The van der Waals surface area contributed by atoms with Gasteiger partial charge in [0.25, 0.3) is 0 Å². The molecule has 21 heavy (non-hydrogen) atoms. The number of nitrogens with zero attached hydrogens (tertiary/aromatic N) is 1. The Morgan fingerprint density at radius 1 is 1.24 bits per heavy atom. The van der Waals surface area contributed by atoms with Crippen LogP contribution < -0.4 is 10.6 Å². The third-order valence-corrected chi connectivity index (χ3v) is 4.62. The first-order valence-corrected chi connectivity index (χ1v) is 8.32. The van der Waals surface area contributed by atoms with Crippen LogP contribution in [0, 0.1) is 5.41 Å². The van der Waals surface area contributed by atoms with Crippen LogP contribution in [0.1, 0.15) is 52.4 Å². The molecule has 0 aromatic carbocycles.